The van der Waals surface area contributed by atoms with Crippen LogP contribution in [-0.2, 0) is 36.8 Å². The number of pyridine rings is 1. The van der Waals surface area contributed by atoms with E-state index in [-0.39, 0.29) is 19.1 Å². The van der Waals surface area contributed by atoms with Gasteiger partial charge in [0.1, 0.15) is 19.2 Å². The predicted octanol–water partition coefficient (Wildman–Crippen LogP) is 2.60. The van der Waals surface area contributed by atoms with Crippen LogP contribution in [0, 0.1) is 5.92 Å². The van der Waals surface area contributed by atoms with Crippen molar-refractivity contribution in [1.29, 1.82) is 0 Å². The molecule has 0 fully saturated rings. The lowest BCUT2D eigenvalue weighted by molar-refractivity contribution is -0.157. The van der Waals surface area contributed by atoms with Gasteiger partial charge in [-0.2, -0.15) is 0 Å². The lowest BCUT2D eigenvalue weighted by Gasteiger charge is -2.23. The van der Waals surface area contributed by atoms with Crippen LogP contribution in [0.15, 0.2) is 54.7 Å². The summed E-state index contributed by atoms with van der Waals surface area (Å²) in [6.07, 6.45) is 0.876. The second-order valence-electron chi connectivity index (χ2n) is 8.67. The Hall–Kier alpha value is -4.15. The molecule has 0 unspecified atom stereocenters. The number of carbonyl (C=O) groups excluding carboxylic acids is 4. The van der Waals surface area contributed by atoms with E-state index in [1.165, 1.54) is 11.9 Å². The van der Waals surface area contributed by atoms with E-state index in [9.17, 15) is 19.2 Å². The van der Waals surface area contributed by atoms with Crippen LogP contribution < -0.4 is 5.32 Å². The maximum atomic E-state index is 12.5. The first-order valence-corrected chi connectivity index (χ1v) is 11.8. The standard InChI is InChI=1S/C26H34N4O7/c1-19(2)23(28-22(31)16-30(4)26(34)35-17-20-10-6-5-7-11-20)24(32)36-18-37-25(33)29(3)15-13-21-12-8-9-14-27-21/h5-12,14,19,23H,13,15-18H2,1-4H3,(H,28,31)/t23-/m0/s1. The number of benzene rings is 1. The Balaban J connectivity index is 1.73. The maximum Gasteiger partial charge on any atom is 0.412 e. The summed E-state index contributed by atoms with van der Waals surface area (Å²) in [6, 6.07) is 13.7. The zero-order valence-electron chi connectivity index (χ0n) is 21.6. The van der Waals surface area contributed by atoms with Crippen molar-refractivity contribution < 1.29 is 33.4 Å². The second-order valence-corrected chi connectivity index (χ2v) is 8.67. The first-order valence-electron chi connectivity index (χ1n) is 11.8. The molecule has 1 heterocycles. The van der Waals surface area contributed by atoms with Gasteiger partial charge in [-0.3, -0.25) is 9.78 Å². The van der Waals surface area contributed by atoms with Gasteiger partial charge in [0, 0.05) is 39.0 Å². The minimum absolute atomic E-state index is 0.0730. The molecule has 11 heteroatoms. The van der Waals surface area contributed by atoms with Crippen molar-refractivity contribution in [3.05, 3.63) is 66.0 Å². The van der Waals surface area contributed by atoms with Crippen LogP contribution in [0.1, 0.15) is 25.1 Å². The van der Waals surface area contributed by atoms with Gasteiger partial charge in [-0.25, -0.2) is 14.4 Å². The van der Waals surface area contributed by atoms with Crippen LogP contribution in [0.3, 0.4) is 0 Å². The molecule has 11 nitrogen and oxygen atoms in total. The highest BCUT2D eigenvalue weighted by Gasteiger charge is 2.27. The summed E-state index contributed by atoms with van der Waals surface area (Å²) in [5, 5.41) is 2.55. The third-order valence-electron chi connectivity index (χ3n) is 5.26. The molecule has 2 aromatic rings. The largest absolute Gasteiger partial charge is 0.445 e. The number of amides is 3. The Morgan fingerprint density at radius 1 is 0.892 bits per heavy atom. The number of esters is 1. The number of hydrogen-bond donors (Lipinski definition) is 1. The molecule has 3 amide bonds. The summed E-state index contributed by atoms with van der Waals surface area (Å²) < 4.78 is 15.2. The first kappa shape index (κ1) is 29.1. The van der Waals surface area contributed by atoms with Crippen LogP contribution in [0.2, 0.25) is 0 Å². The lowest BCUT2D eigenvalue weighted by atomic mass is 10.0. The predicted molar refractivity (Wildman–Crippen MR) is 134 cm³/mol. The van der Waals surface area contributed by atoms with Crippen LogP contribution in [0.25, 0.3) is 0 Å². The summed E-state index contributed by atoms with van der Waals surface area (Å²) in [7, 11) is 2.98. The SMILES string of the molecule is CC(C)[C@H](NC(=O)CN(C)C(=O)OCc1ccccc1)C(=O)OCOC(=O)N(C)CCc1ccccn1. The van der Waals surface area contributed by atoms with Crippen molar-refractivity contribution in [2.45, 2.75) is 32.9 Å². The summed E-state index contributed by atoms with van der Waals surface area (Å²) in [6.45, 7) is 2.97. The highest BCUT2D eigenvalue weighted by atomic mass is 16.7. The molecule has 0 spiro atoms. The van der Waals surface area contributed by atoms with E-state index < -0.39 is 36.9 Å². The van der Waals surface area contributed by atoms with Crippen LogP contribution in [0.5, 0.6) is 0 Å². The number of carbonyl (C=O) groups is 4. The molecule has 2 rings (SSSR count). The molecule has 0 saturated carbocycles. The number of rotatable bonds is 12. The van der Waals surface area contributed by atoms with E-state index >= 15 is 0 Å². The summed E-state index contributed by atoms with van der Waals surface area (Å²) in [5.41, 5.74) is 1.65. The molecule has 0 bridgehead atoms. The monoisotopic (exact) mass is 514 g/mol. The third kappa shape index (κ3) is 10.6. The van der Waals surface area contributed by atoms with E-state index in [4.69, 9.17) is 14.2 Å². The Bertz CT molecular complexity index is 1020. The molecule has 1 atom stereocenters. The number of ether oxygens (including phenoxy) is 3. The van der Waals surface area contributed by atoms with Crippen molar-refractivity contribution in [2.75, 3.05) is 34.0 Å². The molecule has 0 aliphatic rings. The average Bonchev–Trinajstić information content (AvgIpc) is 2.89. The van der Waals surface area contributed by atoms with Gasteiger partial charge in [-0.05, 0) is 23.6 Å². The number of hydrogen-bond acceptors (Lipinski definition) is 8. The number of nitrogens with one attached hydrogen (secondary N) is 1. The summed E-state index contributed by atoms with van der Waals surface area (Å²) in [5.74, 6) is -1.65. The molecule has 37 heavy (non-hydrogen) atoms. The molecule has 200 valence electrons. The second kappa shape index (κ2) is 15.1. The van der Waals surface area contributed by atoms with Gasteiger partial charge in [0.15, 0.2) is 0 Å². The molecule has 0 radical (unpaired) electrons. The lowest BCUT2D eigenvalue weighted by Crippen LogP contribution is -2.49. The Morgan fingerprint density at radius 2 is 1.57 bits per heavy atom. The number of likely N-dealkylation sites (N-methyl/N-ethyl adjacent to an activating group) is 2. The van der Waals surface area contributed by atoms with Crippen molar-refractivity contribution in [1.82, 2.24) is 20.1 Å². The van der Waals surface area contributed by atoms with Crippen molar-refractivity contribution in [3.63, 3.8) is 0 Å². The maximum absolute atomic E-state index is 12.5. The van der Waals surface area contributed by atoms with Gasteiger partial charge >= 0.3 is 18.2 Å². The number of nitrogens with zero attached hydrogens (tertiary/aromatic N) is 3. The van der Waals surface area contributed by atoms with Crippen LogP contribution >= 0.6 is 0 Å². The van der Waals surface area contributed by atoms with Gasteiger partial charge in [0.2, 0.25) is 12.7 Å². The molecule has 0 aliphatic carbocycles. The van der Waals surface area contributed by atoms with Crippen molar-refractivity contribution in [2.24, 2.45) is 5.92 Å². The Morgan fingerprint density at radius 3 is 2.22 bits per heavy atom. The van der Waals surface area contributed by atoms with E-state index in [1.54, 1.807) is 27.1 Å². The molecular weight excluding hydrogens is 480 g/mol. The van der Waals surface area contributed by atoms with E-state index in [0.29, 0.717) is 13.0 Å². The van der Waals surface area contributed by atoms with Crippen molar-refractivity contribution >= 4 is 24.1 Å². The van der Waals surface area contributed by atoms with Gasteiger partial charge in [0.25, 0.3) is 0 Å². The van der Waals surface area contributed by atoms with Gasteiger partial charge < -0.3 is 29.3 Å². The smallest absolute Gasteiger partial charge is 0.412 e. The quantitative estimate of drug-likeness (QED) is 0.338. The Kier molecular flexibility index (Phi) is 11.8. The fourth-order valence-corrected chi connectivity index (χ4v) is 3.08. The van der Waals surface area contributed by atoms with Crippen LogP contribution in [-0.4, -0.2) is 78.9 Å². The molecular formula is C26H34N4O7. The van der Waals surface area contributed by atoms with Gasteiger partial charge in [0.05, 0.1) is 0 Å². The average molecular weight is 515 g/mol. The van der Waals surface area contributed by atoms with Crippen molar-refractivity contribution in [3.8, 4) is 0 Å². The highest BCUT2D eigenvalue weighted by molar-refractivity contribution is 5.87. The molecule has 1 aromatic carbocycles. The minimum Gasteiger partial charge on any atom is -0.445 e. The topological polar surface area (TPSA) is 127 Å². The molecule has 1 aromatic heterocycles. The van der Waals surface area contributed by atoms with Gasteiger partial charge in [-0.1, -0.05) is 50.2 Å². The normalized spacial score (nSPS) is 11.3. The van der Waals surface area contributed by atoms with E-state index in [2.05, 4.69) is 10.3 Å². The van der Waals surface area contributed by atoms with E-state index in [1.807, 2.05) is 48.5 Å². The highest BCUT2D eigenvalue weighted by Crippen LogP contribution is 2.06. The fraction of sp³-hybridized carbons (Fsp3) is 0.423. The fourth-order valence-electron chi connectivity index (χ4n) is 3.08. The summed E-state index contributed by atoms with van der Waals surface area (Å²) >= 11 is 0. The third-order valence-corrected chi connectivity index (χ3v) is 5.26. The van der Waals surface area contributed by atoms with Gasteiger partial charge in [-0.15, -0.1) is 0 Å². The molecule has 0 saturated heterocycles. The minimum atomic E-state index is -0.998. The van der Waals surface area contributed by atoms with Crippen LogP contribution in [0.4, 0.5) is 9.59 Å². The zero-order chi connectivity index (χ0) is 27.2. The summed E-state index contributed by atoms with van der Waals surface area (Å²) in [4.78, 5) is 55.9. The zero-order valence-corrected chi connectivity index (χ0v) is 21.6. The Labute approximate surface area is 216 Å². The molecule has 1 N–H and O–H groups in total. The van der Waals surface area contributed by atoms with E-state index in [0.717, 1.165) is 16.2 Å². The molecule has 0 aliphatic heterocycles. The first-order chi connectivity index (χ1) is 17.7. The number of aromatic nitrogens is 1.